The number of thiazole rings is 1. The van der Waals surface area contributed by atoms with E-state index in [4.69, 9.17) is 16.3 Å². The van der Waals surface area contributed by atoms with Crippen LogP contribution in [0, 0.1) is 18.8 Å². The number of fused-ring (bicyclic) bond motifs is 1. The number of hydrogen-bond donors (Lipinski definition) is 0. The molecule has 0 radical (unpaired) electrons. The molecule has 2 aromatic carbocycles. The van der Waals surface area contributed by atoms with Gasteiger partial charge in [-0.05, 0) is 67.6 Å². The second-order valence-corrected chi connectivity index (χ2v) is 13.2. The number of aromatic nitrogens is 1. The Morgan fingerprint density at radius 3 is 2.27 bits per heavy atom. The van der Waals surface area contributed by atoms with Crippen LogP contribution in [0.15, 0.2) is 46.3 Å². The molecule has 1 heterocycles. The van der Waals surface area contributed by atoms with Crippen molar-refractivity contribution in [2.24, 2.45) is 16.8 Å². The lowest BCUT2D eigenvalue weighted by atomic mass is 10.2. The summed E-state index contributed by atoms with van der Waals surface area (Å²) < 4.78 is 36.6. The first-order valence-corrected chi connectivity index (χ1v) is 15.1. The van der Waals surface area contributed by atoms with Crippen molar-refractivity contribution in [2.75, 3.05) is 26.3 Å². The third-order valence-electron chi connectivity index (χ3n) is 5.77. The Labute approximate surface area is 228 Å². The quantitative estimate of drug-likeness (QED) is 0.277. The second kappa shape index (κ2) is 12.7. The number of amides is 1. The SMILES string of the molecule is CCOCCn1c(=NC(=O)c2ccc(S(=O)(=O)N(CC(C)C)CC(C)C)cc2)sc2ccc(Cl)c(C)c21. The van der Waals surface area contributed by atoms with Gasteiger partial charge in [0.1, 0.15) is 0 Å². The van der Waals surface area contributed by atoms with Gasteiger partial charge in [0.2, 0.25) is 10.0 Å². The van der Waals surface area contributed by atoms with Gasteiger partial charge in [0.25, 0.3) is 5.91 Å². The molecule has 3 aromatic rings. The van der Waals surface area contributed by atoms with E-state index in [1.807, 2.05) is 58.2 Å². The van der Waals surface area contributed by atoms with Crippen molar-refractivity contribution < 1.29 is 17.9 Å². The average molecular weight is 566 g/mol. The number of aryl methyl sites for hydroxylation is 1. The van der Waals surface area contributed by atoms with E-state index in [9.17, 15) is 13.2 Å². The minimum Gasteiger partial charge on any atom is -0.380 e. The summed E-state index contributed by atoms with van der Waals surface area (Å²) in [4.78, 5) is 18.2. The topological polar surface area (TPSA) is 81.0 Å². The molecule has 202 valence electrons. The van der Waals surface area contributed by atoms with Gasteiger partial charge < -0.3 is 9.30 Å². The molecule has 3 rings (SSSR count). The largest absolute Gasteiger partial charge is 0.380 e. The second-order valence-electron chi connectivity index (χ2n) is 9.80. The first kappa shape index (κ1) is 29.5. The van der Waals surface area contributed by atoms with E-state index in [-0.39, 0.29) is 16.7 Å². The molecule has 0 bridgehead atoms. The fraction of sp³-hybridized carbons (Fsp3) is 0.481. The molecule has 0 atom stereocenters. The van der Waals surface area contributed by atoms with Crippen LogP contribution in [0.2, 0.25) is 5.02 Å². The predicted molar refractivity (Wildman–Crippen MR) is 151 cm³/mol. The van der Waals surface area contributed by atoms with Crippen molar-refractivity contribution in [3.8, 4) is 0 Å². The maximum Gasteiger partial charge on any atom is 0.279 e. The lowest BCUT2D eigenvalue weighted by Gasteiger charge is -2.25. The van der Waals surface area contributed by atoms with Crippen LogP contribution in [0.3, 0.4) is 0 Å². The molecule has 37 heavy (non-hydrogen) atoms. The van der Waals surface area contributed by atoms with Crippen molar-refractivity contribution in [1.29, 1.82) is 0 Å². The monoisotopic (exact) mass is 565 g/mol. The Kier molecular flexibility index (Phi) is 10.1. The Hall–Kier alpha value is -2.04. The Morgan fingerprint density at radius 1 is 1.08 bits per heavy atom. The molecule has 0 N–H and O–H groups in total. The van der Waals surface area contributed by atoms with Gasteiger partial charge in [-0.15, -0.1) is 0 Å². The number of carbonyl (C=O) groups is 1. The van der Waals surface area contributed by atoms with E-state index in [1.165, 1.54) is 39.9 Å². The normalized spacial score (nSPS) is 13.0. The number of benzene rings is 2. The lowest BCUT2D eigenvalue weighted by molar-refractivity contribution is 0.0996. The van der Waals surface area contributed by atoms with Crippen molar-refractivity contribution in [2.45, 2.75) is 53.0 Å². The summed E-state index contributed by atoms with van der Waals surface area (Å²) in [5.74, 6) is -0.0459. The first-order chi connectivity index (χ1) is 17.4. The first-order valence-electron chi connectivity index (χ1n) is 12.5. The highest BCUT2D eigenvalue weighted by molar-refractivity contribution is 7.89. The fourth-order valence-electron chi connectivity index (χ4n) is 4.06. The minimum atomic E-state index is -3.68. The highest BCUT2D eigenvalue weighted by Crippen LogP contribution is 2.27. The zero-order valence-corrected chi connectivity index (χ0v) is 24.7. The molecule has 0 saturated heterocycles. The van der Waals surface area contributed by atoms with E-state index in [0.29, 0.717) is 48.2 Å². The van der Waals surface area contributed by atoms with Crippen LogP contribution in [0.5, 0.6) is 0 Å². The van der Waals surface area contributed by atoms with Gasteiger partial charge in [-0.25, -0.2) is 8.42 Å². The number of sulfonamides is 1. The molecule has 0 aliphatic rings. The summed E-state index contributed by atoms with van der Waals surface area (Å²) in [6, 6.07) is 9.81. The summed E-state index contributed by atoms with van der Waals surface area (Å²) in [5, 5.41) is 0.647. The number of nitrogens with zero attached hydrogens (tertiary/aromatic N) is 3. The third-order valence-corrected chi connectivity index (χ3v) is 9.07. The molecular weight excluding hydrogens is 530 g/mol. The van der Waals surface area contributed by atoms with Gasteiger partial charge in [0.15, 0.2) is 4.80 Å². The van der Waals surface area contributed by atoms with Crippen LogP contribution in [0.25, 0.3) is 10.2 Å². The van der Waals surface area contributed by atoms with Gasteiger partial charge >= 0.3 is 0 Å². The van der Waals surface area contributed by atoms with Crippen molar-refractivity contribution in [3.05, 3.63) is 57.3 Å². The molecule has 1 amide bonds. The zero-order chi connectivity index (χ0) is 27.3. The molecule has 0 aliphatic carbocycles. The third kappa shape index (κ3) is 7.09. The Bertz CT molecular complexity index is 1400. The van der Waals surface area contributed by atoms with E-state index in [0.717, 1.165) is 15.8 Å². The summed E-state index contributed by atoms with van der Waals surface area (Å²) in [5.41, 5.74) is 2.17. The van der Waals surface area contributed by atoms with Crippen LogP contribution < -0.4 is 4.80 Å². The molecule has 1 aromatic heterocycles. The number of rotatable bonds is 11. The van der Waals surface area contributed by atoms with Crippen LogP contribution in [0.4, 0.5) is 0 Å². The maximum atomic E-state index is 13.3. The summed E-state index contributed by atoms with van der Waals surface area (Å²) >= 11 is 7.78. The molecule has 7 nitrogen and oxygen atoms in total. The van der Waals surface area contributed by atoms with Gasteiger partial charge in [0, 0.05) is 36.8 Å². The highest BCUT2D eigenvalue weighted by Gasteiger charge is 2.26. The van der Waals surface area contributed by atoms with Crippen molar-refractivity contribution >= 4 is 49.1 Å². The Balaban J connectivity index is 1.97. The molecule has 0 unspecified atom stereocenters. The van der Waals surface area contributed by atoms with E-state index in [1.54, 1.807) is 0 Å². The number of carbonyl (C=O) groups excluding carboxylic acids is 1. The summed E-state index contributed by atoms with van der Waals surface area (Å²) in [7, 11) is -3.68. The number of hydrogen-bond acceptors (Lipinski definition) is 5. The van der Waals surface area contributed by atoms with Crippen LogP contribution in [0.1, 0.15) is 50.5 Å². The van der Waals surface area contributed by atoms with Gasteiger partial charge in [-0.2, -0.15) is 9.30 Å². The van der Waals surface area contributed by atoms with E-state index in [2.05, 4.69) is 4.99 Å². The molecule has 0 fully saturated rings. The predicted octanol–water partition coefficient (Wildman–Crippen LogP) is 5.74. The van der Waals surface area contributed by atoms with Crippen LogP contribution in [-0.4, -0.2) is 49.5 Å². The summed E-state index contributed by atoms with van der Waals surface area (Å²) in [6.45, 7) is 14.3. The fourth-order valence-corrected chi connectivity index (χ4v) is 7.10. The van der Waals surface area contributed by atoms with E-state index >= 15 is 0 Å². The average Bonchev–Trinajstić information content (AvgIpc) is 3.18. The van der Waals surface area contributed by atoms with Gasteiger partial charge in [-0.3, -0.25) is 4.79 Å². The van der Waals surface area contributed by atoms with Crippen LogP contribution in [-0.2, 0) is 21.3 Å². The minimum absolute atomic E-state index is 0.171. The van der Waals surface area contributed by atoms with Gasteiger partial charge in [-0.1, -0.05) is 50.6 Å². The van der Waals surface area contributed by atoms with E-state index < -0.39 is 15.9 Å². The summed E-state index contributed by atoms with van der Waals surface area (Å²) in [6.07, 6.45) is 0. The standard InChI is InChI=1S/C27H36ClN3O4S2/c1-7-35-15-14-31-25-20(6)23(28)12-13-24(25)36-27(31)29-26(32)21-8-10-22(11-9-21)37(33,34)30(16-18(2)3)17-19(4)5/h8-13,18-19H,7,14-17H2,1-6H3. The molecule has 0 aliphatic heterocycles. The Morgan fingerprint density at radius 2 is 1.70 bits per heavy atom. The smallest absolute Gasteiger partial charge is 0.279 e. The highest BCUT2D eigenvalue weighted by atomic mass is 35.5. The van der Waals surface area contributed by atoms with Gasteiger partial charge in [0.05, 0.1) is 21.7 Å². The maximum absolute atomic E-state index is 13.3. The van der Waals surface area contributed by atoms with Crippen LogP contribution >= 0.6 is 22.9 Å². The van der Waals surface area contributed by atoms with Crippen molar-refractivity contribution in [1.82, 2.24) is 8.87 Å². The number of ether oxygens (including phenoxy) is 1. The molecule has 0 saturated carbocycles. The molecule has 0 spiro atoms. The lowest BCUT2D eigenvalue weighted by Crippen LogP contribution is -2.37. The molecule has 10 heteroatoms. The number of halogens is 1. The van der Waals surface area contributed by atoms with Crippen molar-refractivity contribution in [3.63, 3.8) is 0 Å². The molecular formula is C27H36ClN3O4S2. The zero-order valence-electron chi connectivity index (χ0n) is 22.3.